The van der Waals surface area contributed by atoms with E-state index in [9.17, 15) is 0 Å². The van der Waals surface area contributed by atoms with E-state index in [0.717, 1.165) is 100.0 Å². The van der Waals surface area contributed by atoms with Gasteiger partial charge in [0.15, 0.2) is 5.58 Å². The van der Waals surface area contributed by atoms with Gasteiger partial charge in [0.2, 0.25) is 0 Å². The largest absolute Gasteiger partial charge is 0.455 e. The second-order valence-electron chi connectivity index (χ2n) is 16.3. The summed E-state index contributed by atoms with van der Waals surface area (Å²) in [4.78, 5) is 5.29. The number of aromatic nitrogens is 4. The molecular formula is C57H34N4O2. The Balaban J connectivity index is 0.949. The normalized spacial score (nSPS) is 12.1. The number of furan rings is 1. The van der Waals surface area contributed by atoms with Crippen molar-refractivity contribution >= 4 is 82.5 Å². The Hall–Kier alpha value is -8.61. The van der Waals surface area contributed by atoms with Gasteiger partial charge >= 0.3 is 5.84 Å². The van der Waals surface area contributed by atoms with Crippen LogP contribution in [-0.2, 0) is 0 Å². The van der Waals surface area contributed by atoms with Gasteiger partial charge in [-0.1, -0.05) is 127 Å². The van der Waals surface area contributed by atoms with Crippen molar-refractivity contribution in [1.29, 1.82) is 0 Å². The summed E-state index contributed by atoms with van der Waals surface area (Å²) in [6.07, 6.45) is 0. The zero-order chi connectivity index (χ0) is 41.2. The molecule has 0 aliphatic heterocycles. The number of hydrogen-bond donors (Lipinski definition) is 0. The van der Waals surface area contributed by atoms with Crippen LogP contribution in [0.3, 0.4) is 0 Å². The van der Waals surface area contributed by atoms with Gasteiger partial charge in [0, 0.05) is 60.4 Å². The maximum Gasteiger partial charge on any atom is 0.307 e. The lowest BCUT2D eigenvalue weighted by Crippen LogP contribution is -1.94. The number of oxazole rings is 1. The fourth-order valence-corrected chi connectivity index (χ4v) is 10.1. The first-order chi connectivity index (χ1) is 31.2. The van der Waals surface area contributed by atoms with Crippen molar-refractivity contribution < 1.29 is 8.83 Å². The molecule has 14 aromatic rings. The van der Waals surface area contributed by atoms with Gasteiger partial charge in [-0.05, 0) is 84.4 Å². The van der Waals surface area contributed by atoms with Crippen molar-refractivity contribution in [3.63, 3.8) is 0 Å². The Morgan fingerprint density at radius 3 is 1.62 bits per heavy atom. The maximum atomic E-state index is 6.47. The van der Waals surface area contributed by atoms with Crippen LogP contribution < -0.4 is 0 Å². The van der Waals surface area contributed by atoms with Gasteiger partial charge in [-0.3, -0.25) is 4.40 Å². The van der Waals surface area contributed by atoms with E-state index >= 15 is 0 Å². The van der Waals surface area contributed by atoms with Crippen molar-refractivity contribution in [3.8, 4) is 45.0 Å². The molecule has 0 aliphatic rings. The van der Waals surface area contributed by atoms with E-state index in [-0.39, 0.29) is 0 Å². The van der Waals surface area contributed by atoms with E-state index in [2.05, 4.69) is 196 Å². The number of benzene rings is 9. The third-order valence-corrected chi connectivity index (χ3v) is 12.9. The SMILES string of the molecule is c1ccc(-n2c3ccccc3c3cc(-c4nc5oc6ccccc6n5c4-c4ccc5c(c4)c4ccccc4n5-c4ccc(-c5cccc6c5oc5ccccc56)cc4)ccc32)cc1. The smallest absolute Gasteiger partial charge is 0.307 e. The maximum absolute atomic E-state index is 6.47. The predicted octanol–water partition coefficient (Wildman–Crippen LogP) is 15.2. The van der Waals surface area contributed by atoms with Crippen LogP contribution in [0.25, 0.3) is 128 Å². The molecule has 0 aliphatic carbocycles. The van der Waals surface area contributed by atoms with Gasteiger partial charge < -0.3 is 18.0 Å². The van der Waals surface area contributed by atoms with Crippen molar-refractivity contribution in [2.75, 3.05) is 0 Å². The highest BCUT2D eigenvalue weighted by Crippen LogP contribution is 2.43. The first-order valence-corrected chi connectivity index (χ1v) is 21.3. The van der Waals surface area contributed by atoms with Crippen LogP contribution in [0.15, 0.2) is 215 Å². The average molecular weight is 807 g/mol. The molecule has 0 N–H and O–H groups in total. The van der Waals surface area contributed by atoms with Crippen molar-refractivity contribution in [2.45, 2.75) is 0 Å². The highest BCUT2D eigenvalue weighted by atomic mass is 16.4. The molecule has 9 aromatic carbocycles. The highest BCUT2D eigenvalue weighted by Gasteiger charge is 2.24. The summed E-state index contributed by atoms with van der Waals surface area (Å²) < 4.78 is 19.8. The van der Waals surface area contributed by atoms with Gasteiger partial charge in [0.25, 0.3) is 0 Å². The molecule has 5 aromatic heterocycles. The van der Waals surface area contributed by atoms with Crippen LogP contribution in [0.4, 0.5) is 0 Å². The molecule has 294 valence electrons. The first kappa shape index (κ1) is 34.1. The average Bonchev–Trinajstić information content (AvgIpc) is 4.15. The molecule has 0 fully saturated rings. The molecule has 0 unspecified atom stereocenters. The zero-order valence-corrected chi connectivity index (χ0v) is 33.7. The van der Waals surface area contributed by atoms with E-state index in [1.807, 2.05) is 24.3 Å². The van der Waals surface area contributed by atoms with E-state index in [0.29, 0.717) is 5.84 Å². The fraction of sp³-hybridized carbons (Fsp3) is 0. The lowest BCUT2D eigenvalue weighted by molar-refractivity contribution is 0.642. The number of hydrogen-bond acceptors (Lipinski definition) is 3. The summed E-state index contributed by atoms with van der Waals surface area (Å²) in [6, 6.07) is 73.2. The Morgan fingerprint density at radius 2 is 0.889 bits per heavy atom. The minimum atomic E-state index is 0.564. The molecule has 0 saturated heterocycles. The molecule has 0 atom stereocenters. The Labute approximate surface area is 359 Å². The fourth-order valence-electron chi connectivity index (χ4n) is 10.1. The first-order valence-electron chi connectivity index (χ1n) is 21.3. The summed E-state index contributed by atoms with van der Waals surface area (Å²) >= 11 is 0. The lowest BCUT2D eigenvalue weighted by Gasteiger charge is -2.11. The molecule has 6 heteroatoms. The third kappa shape index (κ3) is 4.91. The number of para-hydroxylation sites is 7. The van der Waals surface area contributed by atoms with Gasteiger partial charge in [0.05, 0.1) is 33.3 Å². The molecule has 63 heavy (non-hydrogen) atoms. The number of nitrogens with zero attached hydrogens (tertiary/aromatic N) is 4. The second-order valence-corrected chi connectivity index (χ2v) is 16.3. The van der Waals surface area contributed by atoms with E-state index in [1.165, 1.54) is 21.7 Å². The van der Waals surface area contributed by atoms with Gasteiger partial charge in [-0.15, -0.1) is 0 Å². The minimum Gasteiger partial charge on any atom is -0.455 e. The monoisotopic (exact) mass is 806 g/mol. The number of fused-ring (bicyclic) bond motifs is 12. The van der Waals surface area contributed by atoms with E-state index in [1.54, 1.807) is 0 Å². The lowest BCUT2D eigenvalue weighted by atomic mass is 10.0. The van der Waals surface area contributed by atoms with Crippen LogP contribution in [0.2, 0.25) is 0 Å². The summed E-state index contributed by atoms with van der Waals surface area (Å²) in [5, 5.41) is 6.97. The topological polar surface area (TPSA) is 53.4 Å². The van der Waals surface area contributed by atoms with E-state index in [4.69, 9.17) is 13.8 Å². The Kier molecular flexibility index (Phi) is 7.02. The highest BCUT2D eigenvalue weighted by molar-refractivity contribution is 6.13. The molecule has 0 bridgehead atoms. The molecule has 5 heterocycles. The molecular weight excluding hydrogens is 773 g/mol. The van der Waals surface area contributed by atoms with Gasteiger partial charge in [0.1, 0.15) is 16.9 Å². The number of imidazole rings is 1. The summed E-state index contributed by atoms with van der Waals surface area (Å²) in [5.74, 6) is 0.564. The van der Waals surface area contributed by atoms with Crippen LogP contribution in [0, 0.1) is 0 Å². The Bertz CT molecular complexity index is 4140. The second kappa shape index (κ2) is 12.9. The van der Waals surface area contributed by atoms with Crippen molar-refractivity contribution in [2.24, 2.45) is 0 Å². The van der Waals surface area contributed by atoms with Crippen LogP contribution in [0.5, 0.6) is 0 Å². The zero-order valence-electron chi connectivity index (χ0n) is 33.7. The molecule has 0 spiro atoms. The van der Waals surface area contributed by atoms with Crippen molar-refractivity contribution in [1.82, 2.24) is 18.5 Å². The van der Waals surface area contributed by atoms with Gasteiger partial charge in [-0.2, -0.15) is 4.98 Å². The third-order valence-electron chi connectivity index (χ3n) is 12.9. The molecule has 6 nitrogen and oxygen atoms in total. The molecule has 0 saturated carbocycles. The Morgan fingerprint density at radius 1 is 0.349 bits per heavy atom. The summed E-state index contributed by atoms with van der Waals surface area (Å²) in [6.45, 7) is 0. The van der Waals surface area contributed by atoms with Crippen molar-refractivity contribution in [3.05, 3.63) is 206 Å². The quantitative estimate of drug-likeness (QED) is 0.174. The molecule has 0 amide bonds. The molecule has 0 radical (unpaired) electrons. The van der Waals surface area contributed by atoms with Crippen LogP contribution in [0.1, 0.15) is 0 Å². The summed E-state index contributed by atoms with van der Waals surface area (Å²) in [7, 11) is 0. The summed E-state index contributed by atoms with van der Waals surface area (Å²) in [5.41, 5.74) is 16.5. The van der Waals surface area contributed by atoms with E-state index < -0.39 is 0 Å². The molecule has 14 rings (SSSR count). The number of rotatable bonds is 5. The van der Waals surface area contributed by atoms with Crippen LogP contribution >= 0.6 is 0 Å². The predicted molar refractivity (Wildman–Crippen MR) is 257 cm³/mol. The van der Waals surface area contributed by atoms with Gasteiger partial charge in [-0.25, -0.2) is 0 Å². The van der Waals surface area contributed by atoms with Crippen LogP contribution in [-0.4, -0.2) is 18.5 Å². The standard InChI is InChI=1S/C57H34N4O2/c1-2-13-38(14-3-1)59-47-20-7-4-15-41(47)45-33-36(27-31-49(45)59)54-55(61-51-22-9-11-24-53(51)63-57(61)58-54)37-28-32-50-46(34-37)42-16-5-8-21-48(42)60(50)39-29-25-35(26-30-39)40-18-12-19-44-43-17-6-10-23-52(43)62-56(40)44/h1-34H. The minimum absolute atomic E-state index is 0.564.